The van der Waals surface area contributed by atoms with Crippen LogP contribution in [-0.4, -0.2) is 67.0 Å². The second kappa shape index (κ2) is 16.5. The zero-order chi connectivity index (χ0) is 32.2. The number of rotatable bonds is 10. The maximum atomic E-state index is 13.4. The molecule has 4 amide bonds. The summed E-state index contributed by atoms with van der Waals surface area (Å²) < 4.78 is 2.57. The summed E-state index contributed by atoms with van der Waals surface area (Å²) in [4.78, 5) is 77.8. The van der Waals surface area contributed by atoms with Gasteiger partial charge in [-0.15, -0.1) is 0 Å². The SMILES string of the molecule is CC(=O)c1c(I)c(NC(=O)CNC(=O)c2c(I)c(C(C)=O)c(I)c(N(C)C(C)=O)c2I)c(I)c(C(=O)NCCO)c1I. The molecule has 0 spiro atoms. The summed E-state index contributed by atoms with van der Waals surface area (Å²) in [5.74, 6) is -2.65. The Labute approximate surface area is 323 Å². The second-order valence-electron chi connectivity index (χ2n) is 8.51. The molecule has 11 nitrogen and oxygen atoms in total. The number of benzene rings is 2. The molecule has 2 rings (SSSR count). The van der Waals surface area contributed by atoms with E-state index in [2.05, 4.69) is 16.0 Å². The summed E-state index contributed by atoms with van der Waals surface area (Å²) in [7, 11) is 1.55. The minimum atomic E-state index is -0.628. The predicted octanol–water partition coefficient (Wildman–Crippen LogP) is 4.79. The van der Waals surface area contributed by atoms with Crippen molar-refractivity contribution in [2.24, 2.45) is 0 Å². The highest BCUT2D eigenvalue weighted by Gasteiger charge is 2.30. The van der Waals surface area contributed by atoms with Crippen LogP contribution >= 0.6 is 136 Å². The minimum absolute atomic E-state index is 0.00547. The highest BCUT2D eigenvalue weighted by atomic mass is 127. The van der Waals surface area contributed by atoms with Gasteiger partial charge in [-0.1, -0.05) is 0 Å². The predicted molar refractivity (Wildman–Crippen MR) is 209 cm³/mol. The van der Waals surface area contributed by atoms with Crippen molar-refractivity contribution in [3.63, 3.8) is 0 Å². The molecule has 0 aromatic heterocycles. The number of hydrogen-bond acceptors (Lipinski definition) is 7. The van der Waals surface area contributed by atoms with E-state index in [9.17, 15) is 28.8 Å². The summed E-state index contributed by atoms with van der Waals surface area (Å²) >= 11 is 11.6. The van der Waals surface area contributed by atoms with Gasteiger partial charge in [0.15, 0.2) is 11.6 Å². The van der Waals surface area contributed by atoms with Crippen LogP contribution in [0, 0.1) is 21.4 Å². The zero-order valence-electron chi connectivity index (χ0n) is 22.2. The Morgan fingerprint density at radius 1 is 0.667 bits per heavy atom. The fraction of sp³-hybridized carbons (Fsp3) is 0.280. The lowest BCUT2D eigenvalue weighted by molar-refractivity contribution is -0.116. The van der Waals surface area contributed by atoms with E-state index in [4.69, 9.17) is 5.11 Å². The van der Waals surface area contributed by atoms with E-state index in [1.165, 1.54) is 25.7 Å². The first-order chi connectivity index (χ1) is 19.5. The maximum Gasteiger partial charge on any atom is 0.253 e. The van der Waals surface area contributed by atoms with Gasteiger partial charge in [0.2, 0.25) is 11.8 Å². The topological polar surface area (TPSA) is 162 Å². The lowest BCUT2D eigenvalue weighted by Gasteiger charge is -2.23. The second-order valence-corrected chi connectivity index (χ2v) is 15.0. The molecule has 0 aliphatic carbocycles. The first kappa shape index (κ1) is 38.2. The van der Waals surface area contributed by atoms with Gasteiger partial charge in [-0.3, -0.25) is 28.8 Å². The van der Waals surface area contributed by atoms with E-state index in [0.717, 1.165) is 0 Å². The van der Waals surface area contributed by atoms with Gasteiger partial charge in [-0.05, 0) is 149 Å². The summed E-state index contributed by atoms with van der Waals surface area (Å²) in [6.07, 6.45) is 0. The lowest BCUT2D eigenvalue weighted by Crippen LogP contribution is -2.35. The summed E-state index contributed by atoms with van der Waals surface area (Å²) in [6.45, 7) is 3.36. The molecule has 0 aliphatic heterocycles. The normalized spacial score (nSPS) is 10.6. The molecule has 0 saturated heterocycles. The summed E-state index contributed by atoms with van der Waals surface area (Å²) in [5.41, 5.74) is 1.52. The number of ketones is 2. The molecule has 17 heteroatoms. The van der Waals surface area contributed by atoms with E-state index in [0.29, 0.717) is 32.7 Å². The monoisotopic (exact) mass is 1250 g/mol. The van der Waals surface area contributed by atoms with Crippen molar-refractivity contribution in [1.29, 1.82) is 0 Å². The van der Waals surface area contributed by atoms with Crippen LogP contribution in [0.15, 0.2) is 0 Å². The van der Waals surface area contributed by atoms with Gasteiger partial charge in [0.25, 0.3) is 11.8 Å². The molecule has 42 heavy (non-hydrogen) atoms. The zero-order valence-corrected chi connectivity index (χ0v) is 35.2. The number of carbonyl (C=O) groups is 6. The van der Waals surface area contributed by atoms with Gasteiger partial charge in [0, 0.05) is 45.9 Å². The van der Waals surface area contributed by atoms with Crippen molar-refractivity contribution in [1.82, 2.24) is 10.6 Å². The van der Waals surface area contributed by atoms with Crippen molar-refractivity contribution < 1.29 is 33.9 Å². The quantitative estimate of drug-likeness (QED) is 0.197. The average Bonchev–Trinajstić information content (AvgIpc) is 2.87. The van der Waals surface area contributed by atoms with Crippen LogP contribution in [0.25, 0.3) is 0 Å². The average molecular weight is 1250 g/mol. The Bertz CT molecular complexity index is 1530. The molecule has 0 radical (unpaired) electrons. The largest absolute Gasteiger partial charge is 0.395 e. The van der Waals surface area contributed by atoms with Gasteiger partial charge >= 0.3 is 0 Å². The Kier molecular flexibility index (Phi) is 15.0. The highest BCUT2D eigenvalue weighted by molar-refractivity contribution is 14.1. The van der Waals surface area contributed by atoms with E-state index in [1.54, 1.807) is 7.05 Å². The molecule has 0 aliphatic rings. The van der Waals surface area contributed by atoms with Crippen LogP contribution in [0.3, 0.4) is 0 Å². The smallest absolute Gasteiger partial charge is 0.253 e. The number of carbonyl (C=O) groups excluding carboxylic acids is 6. The van der Waals surface area contributed by atoms with Gasteiger partial charge in [0.1, 0.15) is 0 Å². The number of nitrogens with zero attached hydrogens (tertiary/aromatic N) is 1. The molecule has 4 N–H and O–H groups in total. The molecule has 0 heterocycles. The number of nitrogens with one attached hydrogen (secondary N) is 3. The van der Waals surface area contributed by atoms with Gasteiger partial charge < -0.3 is 26.0 Å². The van der Waals surface area contributed by atoms with Crippen molar-refractivity contribution in [3.05, 3.63) is 43.7 Å². The van der Waals surface area contributed by atoms with Crippen LogP contribution < -0.4 is 20.9 Å². The number of Topliss-reactive ketones (excluding diaryl/α,β-unsaturated/α-hetero) is 2. The molecule has 0 saturated carbocycles. The Morgan fingerprint density at radius 3 is 1.57 bits per heavy atom. The first-order valence-corrected chi connectivity index (χ1v) is 18.1. The molecular weight excluding hydrogens is 1230 g/mol. The van der Waals surface area contributed by atoms with E-state index < -0.39 is 24.3 Å². The van der Waals surface area contributed by atoms with Crippen molar-refractivity contribution in [2.75, 3.05) is 37.0 Å². The minimum Gasteiger partial charge on any atom is -0.395 e. The number of aliphatic hydroxyl groups excluding tert-OH is 1. The Hall–Kier alpha value is -0.000000000000000111. The number of hydrogen-bond donors (Lipinski definition) is 4. The van der Waals surface area contributed by atoms with Crippen LogP contribution in [-0.2, 0) is 9.59 Å². The number of amides is 4. The van der Waals surface area contributed by atoms with Crippen LogP contribution in [0.2, 0.25) is 0 Å². The number of aliphatic hydroxyl groups is 1. The molecule has 0 unspecified atom stereocenters. The molecule has 0 bridgehead atoms. The molecule has 2 aromatic carbocycles. The van der Waals surface area contributed by atoms with Crippen molar-refractivity contribution in [2.45, 2.75) is 20.8 Å². The van der Waals surface area contributed by atoms with E-state index in [-0.39, 0.29) is 53.0 Å². The van der Waals surface area contributed by atoms with Crippen molar-refractivity contribution in [3.8, 4) is 0 Å². The fourth-order valence-corrected chi connectivity index (χ4v) is 13.4. The first-order valence-electron chi connectivity index (χ1n) is 11.6. The standard InChI is InChI=1S/C25H22I6N4O7/c1-8(37)12-16(26)14(24(41)32-5-6-36)19(29)22(18(12)28)34-11(40)7-33-25(42)15-17(27)13(9(2)38)20(30)23(21(15)31)35(4)10(3)39/h36H,5-7H2,1-4H3,(H,32,41)(H,33,42)(H,34,40). The Morgan fingerprint density at radius 2 is 1.10 bits per heavy atom. The van der Waals surface area contributed by atoms with Crippen LogP contribution in [0.1, 0.15) is 62.2 Å². The molecule has 2 aromatic rings. The molecule has 0 fully saturated rings. The molecule has 226 valence electrons. The fourth-order valence-electron chi connectivity index (χ4n) is 3.58. The maximum absolute atomic E-state index is 13.4. The third-order valence-electron chi connectivity index (χ3n) is 5.65. The number of halogens is 6. The third-order valence-corrected chi connectivity index (χ3v) is 12.1. The molecule has 0 atom stereocenters. The van der Waals surface area contributed by atoms with Gasteiger partial charge in [-0.2, -0.15) is 0 Å². The van der Waals surface area contributed by atoms with E-state index in [1.807, 2.05) is 136 Å². The van der Waals surface area contributed by atoms with Crippen LogP contribution in [0.5, 0.6) is 0 Å². The third kappa shape index (κ3) is 8.42. The Balaban J connectivity index is 2.48. The number of anilines is 2. The van der Waals surface area contributed by atoms with Gasteiger partial charge in [-0.25, -0.2) is 0 Å². The van der Waals surface area contributed by atoms with Crippen LogP contribution in [0.4, 0.5) is 11.4 Å². The highest BCUT2D eigenvalue weighted by Crippen LogP contribution is 2.38. The van der Waals surface area contributed by atoms with E-state index >= 15 is 0 Å². The van der Waals surface area contributed by atoms with Gasteiger partial charge in [0.05, 0.1) is 42.8 Å². The molecular formula is C25H22I6N4O7. The summed E-state index contributed by atoms with van der Waals surface area (Å²) in [5, 5.41) is 17.0. The van der Waals surface area contributed by atoms with Crippen molar-refractivity contribution >= 4 is 182 Å². The lowest BCUT2D eigenvalue weighted by atomic mass is 10.0. The summed E-state index contributed by atoms with van der Waals surface area (Å²) in [6, 6.07) is 0.